The van der Waals surface area contributed by atoms with Gasteiger partial charge in [-0.25, -0.2) is 0 Å². The molecule has 0 fully saturated rings. The van der Waals surface area contributed by atoms with Crippen LogP contribution in [0, 0.1) is 0 Å². The van der Waals surface area contributed by atoms with Crippen molar-refractivity contribution < 1.29 is 28.6 Å². The van der Waals surface area contributed by atoms with E-state index in [1.807, 2.05) is 0 Å². The summed E-state index contributed by atoms with van der Waals surface area (Å²) in [6, 6.07) is 0. The van der Waals surface area contributed by atoms with E-state index in [1.165, 1.54) is 122 Å². The number of carbonyl (C=O) groups is 3. The summed E-state index contributed by atoms with van der Waals surface area (Å²) in [5, 5.41) is 0. The quantitative estimate of drug-likeness (QED) is 0.0261. The Labute approximate surface area is 512 Å². The minimum Gasteiger partial charge on any atom is -0.462 e. The second kappa shape index (κ2) is 69.8. The first kappa shape index (κ1) is 78.3. The van der Waals surface area contributed by atoms with Gasteiger partial charge in [-0.2, -0.15) is 0 Å². The molecule has 0 rings (SSSR count). The van der Waals surface area contributed by atoms with E-state index in [0.717, 1.165) is 135 Å². The molecule has 0 aliphatic rings. The molecule has 0 N–H and O–H groups in total. The Morgan fingerprint density at radius 1 is 0.253 bits per heavy atom. The molecule has 0 aliphatic heterocycles. The van der Waals surface area contributed by atoms with E-state index in [9.17, 15) is 14.4 Å². The number of allylic oxidation sites excluding steroid dienone is 24. The van der Waals surface area contributed by atoms with Gasteiger partial charge in [-0.15, -0.1) is 0 Å². The van der Waals surface area contributed by atoms with Gasteiger partial charge in [-0.1, -0.05) is 295 Å². The topological polar surface area (TPSA) is 78.9 Å². The molecule has 470 valence electrons. The highest BCUT2D eigenvalue weighted by Gasteiger charge is 2.19. The molecule has 1 atom stereocenters. The van der Waals surface area contributed by atoms with E-state index in [2.05, 4.69) is 167 Å². The lowest BCUT2D eigenvalue weighted by molar-refractivity contribution is -0.167. The Morgan fingerprint density at radius 2 is 0.470 bits per heavy atom. The van der Waals surface area contributed by atoms with Crippen molar-refractivity contribution in [3.8, 4) is 0 Å². The first-order valence-corrected chi connectivity index (χ1v) is 34.3. The summed E-state index contributed by atoms with van der Waals surface area (Å²) in [6.45, 7) is 6.34. The van der Waals surface area contributed by atoms with Crippen LogP contribution >= 0.6 is 0 Å². The molecule has 6 heteroatoms. The normalized spacial score (nSPS) is 13.0. The summed E-state index contributed by atoms with van der Waals surface area (Å²) in [5.41, 5.74) is 0. The van der Waals surface area contributed by atoms with Gasteiger partial charge in [-0.3, -0.25) is 14.4 Å². The van der Waals surface area contributed by atoms with Crippen LogP contribution in [0.25, 0.3) is 0 Å². The molecule has 0 aromatic heterocycles. The number of hydrogen-bond acceptors (Lipinski definition) is 6. The smallest absolute Gasteiger partial charge is 0.306 e. The number of hydrogen-bond donors (Lipinski definition) is 0. The molecule has 0 bridgehead atoms. The lowest BCUT2D eigenvalue weighted by Gasteiger charge is -2.18. The summed E-state index contributed by atoms with van der Waals surface area (Å²) in [5.74, 6) is -0.951. The standard InChI is InChI=1S/C77H126O6/c1-4-7-10-13-16-19-22-24-26-28-30-32-33-34-35-36-37-38-39-40-41-42-43-45-46-48-50-52-55-58-61-64-67-70-76(79)82-73-74(72-81-75(78)69-66-63-60-57-54-21-18-15-12-9-6-3)83-77(80)71-68-65-62-59-56-53-51-49-47-44-31-29-27-25-23-20-17-14-11-8-5-2/h7-8,10-11,15-20,24-27,30-32,34-35,44,49,51,56,59,74H,4-6,9,12-14,21-23,28-29,33,36-43,45-48,50,52-55,57-58,60-73H2,1-3H3/b10-7-,11-8-,18-15-,19-16-,20-17-,26-24-,27-25-,32-30-,35-34-,44-31-,51-49-,59-56-. The van der Waals surface area contributed by atoms with Crippen molar-refractivity contribution in [2.45, 2.75) is 309 Å². The number of carbonyl (C=O) groups excluding carboxylic acids is 3. The molecule has 0 saturated carbocycles. The molecule has 1 unspecified atom stereocenters. The molecule has 0 aromatic rings. The molecule has 0 radical (unpaired) electrons. The minimum atomic E-state index is -0.809. The summed E-state index contributed by atoms with van der Waals surface area (Å²) in [6.07, 6.45) is 100. The third-order valence-corrected chi connectivity index (χ3v) is 14.3. The second-order valence-electron chi connectivity index (χ2n) is 22.3. The Kier molecular flexibility index (Phi) is 65.8. The molecular formula is C77H126O6. The van der Waals surface area contributed by atoms with E-state index < -0.39 is 6.10 Å². The monoisotopic (exact) mass is 1150 g/mol. The van der Waals surface area contributed by atoms with Crippen LogP contribution in [0.2, 0.25) is 0 Å². The molecule has 0 amide bonds. The molecule has 0 aliphatic carbocycles. The summed E-state index contributed by atoms with van der Waals surface area (Å²) in [7, 11) is 0. The molecule has 0 aromatic carbocycles. The van der Waals surface area contributed by atoms with Crippen LogP contribution < -0.4 is 0 Å². The largest absolute Gasteiger partial charge is 0.462 e. The van der Waals surface area contributed by atoms with E-state index in [-0.39, 0.29) is 37.5 Å². The molecule has 0 heterocycles. The zero-order chi connectivity index (χ0) is 59.9. The summed E-state index contributed by atoms with van der Waals surface area (Å²) >= 11 is 0. The van der Waals surface area contributed by atoms with Crippen molar-refractivity contribution in [3.05, 3.63) is 146 Å². The van der Waals surface area contributed by atoms with Gasteiger partial charge in [0.25, 0.3) is 0 Å². The Morgan fingerprint density at radius 3 is 0.771 bits per heavy atom. The zero-order valence-corrected chi connectivity index (χ0v) is 53.9. The predicted molar refractivity (Wildman–Crippen MR) is 362 cm³/mol. The SMILES string of the molecule is CC/C=C\C/C=C\C/C=C\C/C=C\C/C=C\C/C=C\CCCCC(=O)OC(COC(=O)CCCCCCC/C=C\CCCC)COC(=O)CCCCCCCCCCCCCCCCCCC/C=C\C/C=C\C/C=C\C/C=C\C/C=C\CC. The molecule has 0 saturated heterocycles. The maximum absolute atomic E-state index is 12.9. The van der Waals surface area contributed by atoms with E-state index in [4.69, 9.17) is 14.2 Å². The number of rotatable bonds is 61. The Hall–Kier alpha value is -4.71. The van der Waals surface area contributed by atoms with Crippen molar-refractivity contribution in [3.63, 3.8) is 0 Å². The van der Waals surface area contributed by atoms with Gasteiger partial charge in [-0.05, 0) is 135 Å². The highest BCUT2D eigenvalue weighted by atomic mass is 16.6. The van der Waals surface area contributed by atoms with Gasteiger partial charge in [0.05, 0.1) is 0 Å². The lowest BCUT2D eigenvalue weighted by Crippen LogP contribution is -2.30. The number of ether oxygens (including phenoxy) is 3. The van der Waals surface area contributed by atoms with Crippen LogP contribution in [0.4, 0.5) is 0 Å². The molecule has 6 nitrogen and oxygen atoms in total. The van der Waals surface area contributed by atoms with Crippen molar-refractivity contribution >= 4 is 17.9 Å². The van der Waals surface area contributed by atoms with E-state index in [0.29, 0.717) is 19.3 Å². The second-order valence-corrected chi connectivity index (χ2v) is 22.3. The van der Waals surface area contributed by atoms with Crippen LogP contribution in [0.3, 0.4) is 0 Å². The van der Waals surface area contributed by atoms with E-state index >= 15 is 0 Å². The lowest BCUT2D eigenvalue weighted by atomic mass is 10.0. The van der Waals surface area contributed by atoms with Gasteiger partial charge in [0.2, 0.25) is 0 Å². The maximum atomic E-state index is 12.9. The predicted octanol–water partition coefficient (Wildman–Crippen LogP) is 23.9. The van der Waals surface area contributed by atoms with Crippen molar-refractivity contribution in [1.29, 1.82) is 0 Å². The third-order valence-electron chi connectivity index (χ3n) is 14.3. The zero-order valence-electron chi connectivity index (χ0n) is 53.9. The highest BCUT2D eigenvalue weighted by Crippen LogP contribution is 2.16. The average Bonchev–Trinajstić information content (AvgIpc) is 3.48. The van der Waals surface area contributed by atoms with Gasteiger partial charge in [0.1, 0.15) is 13.2 Å². The molecule has 0 spiro atoms. The summed E-state index contributed by atoms with van der Waals surface area (Å²) in [4.78, 5) is 38.3. The van der Waals surface area contributed by atoms with Crippen LogP contribution in [0.15, 0.2) is 146 Å². The first-order valence-electron chi connectivity index (χ1n) is 34.3. The van der Waals surface area contributed by atoms with Gasteiger partial charge < -0.3 is 14.2 Å². The van der Waals surface area contributed by atoms with Crippen LogP contribution in [0.1, 0.15) is 303 Å². The number of esters is 3. The fourth-order valence-electron chi connectivity index (χ4n) is 9.22. The fourth-order valence-corrected chi connectivity index (χ4v) is 9.22. The Balaban J connectivity index is 4.24. The van der Waals surface area contributed by atoms with Crippen molar-refractivity contribution in [1.82, 2.24) is 0 Å². The Bertz CT molecular complexity index is 1800. The van der Waals surface area contributed by atoms with Crippen LogP contribution in [0.5, 0.6) is 0 Å². The van der Waals surface area contributed by atoms with Crippen molar-refractivity contribution in [2.24, 2.45) is 0 Å². The first-order chi connectivity index (χ1) is 41.0. The van der Waals surface area contributed by atoms with Gasteiger partial charge >= 0.3 is 17.9 Å². The fraction of sp³-hybridized carbons (Fsp3) is 0.649. The average molecular weight is 1150 g/mol. The third kappa shape index (κ3) is 68.0. The molecular weight excluding hydrogens is 1020 g/mol. The summed E-state index contributed by atoms with van der Waals surface area (Å²) < 4.78 is 16.9. The highest BCUT2D eigenvalue weighted by molar-refractivity contribution is 5.71. The van der Waals surface area contributed by atoms with Crippen LogP contribution in [-0.2, 0) is 28.6 Å². The van der Waals surface area contributed by atoms with Crippen molar-refractivity contribution in [2.75, 3.05) is 13.2 Å². The van der Waals surface area contributed by atoms with E-state index in [1.54, 1.807) is 0 Å². The maximum Gasteiger partial charge on any atom is 0.306 e. The van der Waals surface area contributed by atoms with Gasteiger partial charge in [0.15, 0.2) is 6.10 Å². The number of unbranched alkanes of at least 4 members (excludes halogenated alkanes) is 26. The van der Waals surface area contributed by atoms with Crippen LogP contribution in [-0.4, -0.2) is 37.2 Å². The van der Waals surface area contributed by atoms with Gasteiger partial charge in [0, 0.05) is 19.3 Å². The minimum absolute atomic E-state index is 0.100. The molecule has 83 heavy (non-hydrogen) atoms.